The summed E-state index contributed by atoms with van der Waals surface area (Å²) in [5, 5.41) is 5.58. The van der Waals surface area contributed by atoms with Crippen molar-refractivity contribution in [1.29, 1.82) is 0 Å². The number of nitrogens with zero attached hydrogens (tertiary/aromatic N) is 5. The third kappa shape index (κ3) is 4.79. The van der Waals surface area contributed by atoms with Gasteiger partial charge in [0.2, 0.25) is 5.91 Å². The minimum atomic E-state index is -3.53. The lowest BCUT2D eigenvalue weighted by molar-refractivity contribution is -0.118. The van der Waals surface area contributed by atoms with Crippen molar-refractivity contribution in [3.63, 3.8) is 0 Å². The van der Waals surface area contributed by atoms with Crippen molar-refractivity contribution in [2.75, 3.05) is 19.8 Å². The second kappa shape index (κ2) is 9.04. The second-order valence-corrected chi connectivity index (χ2v) is 11.1. The quantitative estimate of drug-likeness (QED) is 0.368. The summed E-state index contributed by atoms with van der Waals surface area (Å²) in [6.45, 7) is -0.217. The van der Waals surface area contributed by atoms with Crippen LogP contribution in [0.2, 0.25) is 0 Å². The number of halogens is 1. The Morgan fingerprint density at radius 2 is 1.84 bits per heavy atom. The van der Waals surface area contributed by atoms with Gasteiger partial charge >= 0.3 is 0 Å². The largest absolute Gasteiger partial charge is 0.368 e. The molecule has 10 nitrogen and oxygen atoms in total. The van der Waals surface area contributed by atoms with E-state index in [0.717, 1.165) is 36.2 Å². The number of aromatic nitrogens is 4. The van der Waals surface area contributed by atoms with Crippen LogP contribution in [0.25, 0.3) is 28.0 Å². The van der Waals surface area contributed by atoms with Crippen molar-refractivity contribution in [2.45, 2.75) is 23.7 Å². The van der Waals surface area contributed by atoms with E-state index >= 15 is 0 Å². The maximum atomic E-state index is 14.5. The van der Waals surface area contributed by atoms with Crippen LogP contribution in [-0.4, -0.2) is 64.7 Å². The fourth-order valence-corrected chi connectivity index (χ4v) is 4.78. The van der Waals surface area contributed by atoms with Gasteiger partial charge in [0.15, 0.2) is 9.84 Å². The maximum absolute atomic E-state index is 14.5. The lowest BCUT2D eigenvalue weighted by Crippen LogP contribution is -2.35. The van der Waals surface area contributed by atoms with Gasteiger partial charge in [0, 0.05) is 53.7 Å². The molecule has 1 aliphatic carbocycles. The summed E-state index contributed by atoms with van der Waals surface area (Å²) >= 11 is 0. The number of carbonyl (C=O) groups is 2. The average molecular weight is 523 g/mol. The third-order valence-corrected chi connectivity index (χ3v) is 7.28. The number of likely N-dealkylation sites (N-methyl/N-ethyl adjacent to an activating group) is 1. The molecule has 37 heavy (non-hydrogen) atoms. The van der Waals surface area contributed by atoms with Crippen LogP contribution in [0, 0.1) is 5.82 Å². The standard InChI is InChI=1S/C25H23FN6O4S/c1-31(13-22(27)33)24(34)15-5-7-18-21(9-15)32(30-23(18)14-3-4-14)25-28-11-16(12-29-25)19-10-17(37(2,35)36)6-8-20(19)26/h5-12,14H,3-4,13H2,1-2H3,(H2,27,33). The van der Waals surface area contributed by atoms with Gasteiger partial charge in [-0.3, -0.25) is 9.59 Å². The van der Waals surface area contributed by atoms with Gasteiger partial charge in [0.25, 0.3) is 11.9 Å². The van der Waals surface area contributed by atoms with E-state index in [4.69, 9.17) is 10.8 Å². The molecule has 0 spiro atoms. The first-order valence-corrected chi connectivity index (χ1v) is 13.3. The number of primary amides is 1. The van der Waals surface area contributed by atoms with Crippen molar-refractivity contribution >= 4 is 32.6 Å². The van der Waals surface area contributed by atoms with Crippen LogP contribution in [0.5, 0.6) is 0 Å². The molecule has 0 bridgehead atoms. The van der Waals surface area contributed by atoms with Crippen molar-refractivity contribution in [1.82, 2.24) is 24.6 Å². The van der Waals surface area contributed by atoms with Gasteiger partial charge < -0.3 is 10.6 Å². The molecule has 2 amide bonds. The summed E-state index contributed by atoms with van der Waals surface area (Å²) in [7, 11) is -2.04. The summed E-state index contributed by atoms with van der Waals surface area (Å²) in [4.78, 5) is 34.0. The SMILES string of the molecule is CN(CC(N)=O)C(=O)c1ccc2c(C3CC3)nn(-c3ncc(-c4cc(S(C)(=O)=O)ccc4F)cn3)c2c1. The Morgan fingerprint density at radius 3 is 2.46 bits per heavy atom. The van der Waals surface area contributed by atoms with E-state index in [-0.39, 0.29) is 28.9 Å². The monoisotopic (exact) mass is 522 g/mol. The van der Waals surface area contributed by atoms with E-state index in [9.17, 15) is 22.4 Å². The van der Waals surface area contributed by atoms with Gasteiger partial charge in [-0.2, -0.15) is 9.78 Å². The van der Waals surface area contributed by atoms with E-state index in [2.05, 4.69) is 9.97 Å². The van der Waals surface area contributed by atoms with Crippen LogP contribution in [0.3, 0.4) is 0 Å². The molecule has 1 saturated carbocycles. The summed E-state index contributed by atoms with van der Waals surface area (Å²) in [6, 6.07) is 8.72. The van der Waals surface area contributed by atoms with Gasteiger partial charge in [-0.05, 0) is 43.2 Å². The highest BCUT2D eigenvalue weighted by molar-refractivity contribution is 7.90. The zero-order valence-corrected chi connectivity index (χ0v) is 20.9. The van der Waals surface area contributed by atoms with Crippen molar-refractivity contribution in [3.8, 4) is 17.1 Å². The smallest absolute Gasteiger partial charge is 0.254 e. The molecule has 2 N–H and O–H groups in total. The molecule has 0 saturated heterocycles. The Kier molecular flexibility index (Phi) is 5.98. The first kappa shape index (κ1) is 24.5. The Morgan fingerprint density at radius 1 is 1.14 bits per heavy atom. The maximum Gasteiger partial charge on any atom is 0.254 e. The molecule has 1 aliphatic rings. The molecule has 2 aromatic carbocycles. The number of benzene rings is 2. The first-order chi connectivity index (χ1) is 17.5. The number of sulfone groups is 1. The molecule has 4 aromatic rings. The molecular formula is C25H23FN6O4S. The van der Waals surface area contributed by atoms with E-state index in [1.807, 2.05) is 6.07 Å². The molecule has 0 radical (unpaired) electrons. The third-order valence-electron chi connectivity index (χ3n) is 6.16. The average Bonchev–Trinajstić information content (AvgIpc) is 3.63. The molecule has 5 rings (SSSR count). The molecule has 0 atom stereocenters. The molecule has 2 heterocycles. The highest BCUT2D eigenvalue weighted by Gasteiger charge is 2.30. The second-order valence-electron chi connectivity index (χ2n) is 9.12. The van der Waals surface area contributed by atoms with Gasteiger partial charge in [-0.25, -0.2) is 22.8 Å². The molecule has 190 valence electrons. The molecule has 0 unspecified atom stereocenters. The number of amides is 2. The van der Waals surface area contributed by atoms with Gasteiger partial charge in [0.05, 0.1) is 22.7 Å². The summed E-state index contributed by atoms with van der Waals surface area (Å²) in [5.74, 6) is -1.10. The Labute approximate surface area is 211 Å². The van der Waals surface area contributed by atoms with Crippen LogP contribution < -0.4 is 5.73 Å². The van der Waals surface area contributed by atoms with E-state index < -0.39 is 21.6 Å². The molecular weight excluding hydrogens is 499 g/mol. The fourth-order valence-electron chi connectivity index (χ4n) is 4.13. The van der Waals surface area contributed by atoms with Gasteiger partial charge in [-0.15, -0.1) is 0 Å². The predicted octanol–water partition coefficient (Wildman–Crippen LogP) is 2.46. The van der Waals surface area contributed by atoms with E-state index in [1.54, 1.807) is 12.1 Å². The number of nitrogens with two attached hydrogens (primary N) is 1. The molecule has 2 aromatic heterocycles. The van der Waals surface area contributed by atoms with E-state index in [0.29, 0.717) is 22.6 Å². The zero-order chi connectivity index (χ0) is 26.5. The van der Waals surface area contributed by atoms with Crippen LogP contribution in [0.1, 0.15) is 34.8 Å². The molecule has 1 fully saturated rings. The van der Waals surface area contributed by atoms with Crippen molar-refractivity contribution in [3.05, 3.63) is 65.9 Å². The van der Waals surface area contributed by atoms with Crippen LogP contribution in [0.15, 0.2) is 53.7 Å². The zero-order valence-electron chi connectivity index (χ0n) is 20.1. The number of carbonyl (C=O) groups excluding carboxylic acids is 2. The number of fused-ring (bicyclic) bond motifs is 1. The topological polar surface area (TPSA) is 141 Å². The first-order valence-electron chi connectivity index (χ1n) is 11.4. The van der Waals surface area contributed by atoms with Crippen LogP contribution in [0.4, 0.5) is 4.39 Å². The van der Waals surface area contributed by atoms with E-state index in [1.165, 1.54) is 41.2 Å². The highest BCUT2D eigenvalue weighted by Crippen LogP contribution is 2.43. The summed E-state index contributed by atoms with van der Waals surface area (Å²) < 4.78 is 39.9. The Balaban J connectivity index is 1.56. The Hall–Kier alpha value is -4.19. The van der Waals surface area contributed by atoms with Crippen LogP contribution in [-0.2, 0) is 14.6 Å². The predicted molar refractivity (Wildman–Crippen MR) is 133 cm³/mol. The van der Waals surface area contributed by atoms with Crippen LogP contribution >= 0.6 is 0 Å². The van der Waals surface area contributed by atoms with Gasteiger partial charge in [0.1, 0.15) is 5.82 Å². The minimum absolute atomic E-state index is 0.0152. The number of rotatable bonds is 7. The summed E-state index contributed by atoms with van der Waals surface area (Å²) in [6.07, 6.45) is 5.85. The van der Waals surface area contributed by atoms with Gasteiger partial charge in [-0.1, -0.05) is 6.07 Å². The lowest BCUT2D eigenvalue weighted by atomic mass is 10.1. The highest BCUT2D eigenvalue weighted by atomic mass is 32.2. The number of hydrogen-bond acceptors (Lipinski definition) is 7. The molecule has 12 heteroatoms. The minimum Gasteiger partial charge on any atom is -0.368 e. The number of hydrogen-bond donors (Lipinski definition) is 1. The normalized spacial score (nSPS) is 13.6. The van der Waals surface area contributed by atoms with Crippen molar-refractivity contribution in [2.24, 2.45) is 5.73 Å². The molecule has 0 aliphatic heterocycles. The summed E-state index contributed by atoms with van der Waals surface area (Å²) in [5.41, 5.74) is 7.41. The van der Waals surface area contributed by atoms with Crippen molar-refractivity contribution < 1.29 is 22.4 Å². The Bertz CT molecular complexity index is 1660. The fraction of sp³-hybridized carbons (Fsp3) is 0.240. The lowest BCUT2D eigenvalue weighted by Gasteiger charge is -2.15.